The molecule has 1 unspecified atom stereocenters. The molecule has 1 N–H and O–H groups in total. The van der Waals surface area contributed by atoms with Gasteiger partial charge in [-0.3, -0.25) is 0 Å². The van der Waals surface area contributed by atoms with Gasteiger partial charge in [-0.2, -0.15) is 0 Å². The van der Waals surface area contributed by atoms with Crippen LogP contribution in [0.4, 0.5) is 0 Å². The van der Waals surface area contributed by atoms with Crippen LogP contribution in [0.2, 0.25) is 0 Å². The summed E-state index contributed by atoms with van der Waals surface area (Å²) < 4.78 is 15.7. The van der Waals surface area contributed by atoms with E-state index in [0.29, 0.717) is 22.6 Å². The van der Waals surface area contributed by atoms with E-state index in [4.69, 9.17) is 13.9 Å². The number of aliphatic hydroxyl groups excluding tert-OH is 1. The third-order valence-corrected chi connectivity index (χ3v) is 2.81. The second-order valence-electron chi connectivity index (χ2n) is 3.97. The van der Waals surface area contributed by atoms with E-state index in [1.165, 1.54) is 6.26 Å². The lowest BCUT2D eigenvalue weighted by Gasteiger charge is -2.16. The summed E-state index contributed by atoms with van der Waals surface area (Å²) in [7, 11) is 3.12. The van der Waals surface area contributed by atoms with Crippen molar-refractivity contribution in [1.82, 2.24) is 0 Å². The maximum absolute atomic E-state index is 10.4. The third kappa shape index (κ3) is 2.19. The van der Waals surface area contributed by atoms with E-state index in [9.17, 15) is 5.11 Å². The first-order valence-corrected chi connectivity index (χ1v) is 5.61. The van der Waals surface area contributed by atoms with E-state index in [1.807, 2.05) is 13.0 Å². The Kier molecular flexibility index (Phi) is 3.58. The van der Waals surface area contributed by atoms with Crippen LogP contribution in [0.25, 0.3) is 0 Å². The van der Waals surface area contributed by atoms with Crippen molar-refractivity contribution in [2.24, 2.45) is 0 Å². The highest BCUT2D eigenvalue weighted by atomic mass is 16.5. The highest BCUT2D eigenvalue weighted by Crippen LogP contribution is 2.37. The number of furan rings is 1. The Morgan fingerprint density at radius 2 is 1.78 bits per heavy atom. The molecule has 1 aromatic heterocycles. The second kappa shape index (κ2) is 5.14. The fraction of sp³-hybridized carbons (Fsp3) is 0.286. The SMILES string of the molecule is COc1cccc(OC)c1C(O)c1coc(C)c1. The van der Waals surface area contributed by atoms with E-state index in [1.54, 1.807) is 32.4 Å². The lowest BCUT2D eigenvalue weighted by Crippen LogP contribution is -2.04. The molecule has 1 atom stereocenters. The zero-order chi connectivity index (χ0) is 13.1. The monoisotopic (exact) mass is 248 g/mol. The van der Waals surface area contributed by atoms with E-state index in [-0.39, 0.29) is 0 Å². The summed E-state index contributed by atoms with van der Waals surface area (Å²) in [6.07, 6.45) is 0.694. The summed E-state index contributed by atoms with van der Waals surface area (Å²) in [6.45, 7) is 1.83. The molecule has 0 aliphatic rings. The summed E-state index contributed by atoms with van der Waals surface area (Å²) >= 11 is 0. The van der Waals surface area contributed by atoms with Crippen molar-refractivity contribution in [3.05, 3.63) is 47.4 Å². The molecule has 2 aromatic rings. The summed E-state index contributed by atoms with van der Waals surface area (Å²) in [4.78, 5) is 0. The van der Waals surface area contributed by atoms with Crippen molar-refractivity contribution >= 4 is 0 Å². The predicted octanol–water partition coefficient (Wildman–Crippen LogP) is 2.69. The van der Waals surface area contributed by atoms with Crippen LogP contribution >= 0.6 is 0 Å². The second-order valence-corrected chi connectivity index (χ2v) is 3.97. The summed E-state index contributed by atoms with van der Waals surface area (Å²) in [6, 6.07) is 7.17. The number of aryl methyl sites for hydroxylation is 1. The number of aliphatic hydroxyl groups is 1. The van der Waals surface area contributed by atoms with Crippen molar-refractivity contribution < 1.29 is 19.0 Å². The average molecular weight is 248 g/mol. The third-order valence-electron chi connectivity index (χ3n) is 2.81. The molecule has 0 aliphatic heterocycles. The lowest BCUT2D eigenvalue weighted by molar-refractivity contribution is 0.208. The van der Waals surface area contributed by atoms with Crippen LogP contribution < -0.4 is 9.47 Å². The zero-order valence-corrected chi connectivity index (χ0v) is 10.6. The van der Waals surface area contributed by atoms with Gasteiger partial charge in [0.05, 0.1) is 26.0 Å². The van der Waals surface area contributed by atoms with Crippen molar-refractivity contribution in [3.63, 3.8) is 0 Å². The van der Waals surface area contributed by atoms with Gasteiger partial charge in [-0.05, 0) is 25.1 Å². The van der Waals surface area contributed by atoms with Crippen LogP contribution in [-0.4, -0.2) is 19.3 Å². The Hall–Kier alpha value is -1.94. The number of ether oxygens (including phenoxy) is 2. The fourth-order valence-electron chi connectivity index (χ4n) is 1.92. The van der Waals surface area contributed by atoms with Gasteiger partial charge in [0.25, 0.3) is 0 Å². The lowest BCUT2D eigenvalue weighted by atomic mass is 10.0. The molecular weight excluding hydrogens is 232 g/mol. The van der Waals surface area contributed by atoms with E-state index >= 15 is 0 Å². The molecule has 0 bridgehead atoms. The Balaban J connectivity index is 2.48. The fourth-order valence-corrected chi connectivity index (χ4v) is 1.92. The molecule has 1 aromatic carbocycles. The average Bonchev–Trinajstić information content (AvgIpc) is 2.83. The van der Waals surface area contributed by atoms with E-state index in [2.05, 4.69) is 0 Å². The summed E-state index contributed by atoms with van der Waals surface area (Å²) in [5.41, 5.74) is 1.28. The largest absolute Gasteiger partial charge is 0.496 e. The van der Waals surface area contributed by atoms with Gasteiger partial charge < -0.3 is 19.0 Å². The predicted molar refractivity (Wildman–Crippen MR) is 67.1 cm³/mol. The molecule has 0 saturated heterocycles. The smallest absolute Gasteiger partial charge is 0.128 e. The van der Waals surface area contributed by atoms with Crippen LogP contribution in [-0.2, 0) is 0 Å². The summed E-state index contributed by atoms with van der Waals surface area (Å²) in [5, 5.41) is 10.4. The van der Waals surface area contributed by atoms with Gasteiger partial charge in [-0.25, -0.2) is 0 Å². The highest BCUT2D eigenvalue weighted by molar-refractivity contribution is 5.49. The molecule has 0 spiro atoms. The van der Waals surface area contributed by atoms with Crippen molar-refractivity contribution in [1.29, 1.82) is 0 Å². The van der Waals surface area contributed by atoms with E-state index in [0.717, 1.165) is 5.76 Å². The number of rotatable bonds is 4. The Morgan fingerprint density at radius 1 is 1.17 bits per heavy atom. The molecule has 0 aliphatic carbocycles. The number of benzene rings is 1. The standard InChI is InChI=1S/C14H16O4/c1-9-7-10(8-18-9)14(15)13-11(16-2)5-4-6-12(13)17-3/h4-8,14-15H,1-3H3. The van der Waals surface area contributed by atoms with E-state index < -0.39 is 6.10 Å². The molecule has 4 nitrogen and oxygen atoms in total. The van der Waals surface area contributed by atoms with Crippen molar-refractivity contribution in [2.45, 2.75) is 13.0 Å². The Bertz CT molecular complexity index is 508. The topological polar surface area (TPSA) is 51.8 Å². The molecule has 0 saturated carbocycles. The first kappa shape index (κ1) is 12.5. The van der Waals surface area contributed by atoms with Crippen LogP contribution in [0.15, 0.2) is 34.9 Å². The first-order chi connectivity index (χ1) is 8.67. The molecule has 0 amide bonds. The zero-order valence-electron chi connectivity index (χ0n) is 10.6. The quantitative estimate of drug-likeness (QED) is 0.903. The van der Waals surface area contributed by atoms with Crippen molar-refractivity contribution in [2.75, 3.05) is 14.2 Å². The number of hydrogen-bond donors (Lipinski definition) is 1. The minimum atomic E-state index is -0.839. The molecule has 2 rings (SSSR count). The summed E-state index contributed by atoms with van der Waals surface area (Å²) in [5.74, 6) is 1.92. The number of hydrogen-bond acceptors (Lipinski definition) is 4. The minimum absolute atomic E-state index is 0.584. The van der Waals surface area contributed by atoms with Gasteiger partial charge in [0.1, 0.15) is 23.4 Å². The van der Waals surface area contributed by atoms with Crippen LogP contribution in [0.3, 0.4) is 0 Å². The first-order valence-electron chi connectivity index (χ1n) is 5.61. The number of methoxy groups -OCH3 is 2. The van der Waals surface area contributed by atoms with Crippen molar-refractivity contribution in [3.8, 4) is 11.5 Å². The molecule has 0 radical (unpaired) electrons. The van der Waals surface area contributed by atoms with Gasteiger partial charge in [0, 0.05) is 5.56 Å². The Labute approximate surface area is 106 Å². The van der Waals surface area contributed by atoms with Gasteiger partial charge in [-0.15, -0.1) is 0 Å². The van der Waals surface area contributed by atoms with Crippen LogP contribution in [0.1, 0.15) is 23.0 Å². The van der Waals surface area contributed by atoms with Gasteiger partial charge in [0.15, 0.2) is 0 Å². The van der Waals surface area contributed by atoms with Gasteiger partial charge >= 0.3 is 0 Å². The molecule has 18 heavy (non-hydrogen) atoms. The molecule has 0 fully saturated rings. The van der Waals surface area contributed by atoms with Gasteiger partial charge in [-0.1, -0.05) is 6.07 Å². The van der Waals surface area contributed by atoms with Gasteiger partial charge in [0.2, 0.25) is 0 Å². The Morgan fingerprint density at radius 3 is 2.22 bits per heavy atom. The van der Waals surface area contributed by atoms with Crippen LogP contribution in [0.5, 0.6) is 11.5 Å². The maximum Gasteiger partial charge on any atom is 0.128 e. The molecule has 1 heterocycles. The normalized spacial score (nSPS) is 12.2. The maximum atomic E-state index is 10.4. The van der Waals surface area contributed by atoms with Crippen LogP contribution in [0, 0.1) is 6.92 Å². The molecule has 4 heteroatoms. The molecule has 96 valence electrons. The minimum Gasteiger partial charge on any atom is -0.496 e. The molecular formula is C14H16O4. The highest BCUT2D eigenvalue weighted by Gasteiger charge is 2.21.